The van der Waals surface area contributed by atoms with Gasteiger partial charge in [0.05, 0.1) is 4.90 Å². The molecule has 1 aliphatic rings. The molecule has 2 N–H and O–H groups in total. The summed E-state index contributed by atoms with van der Waals surface area (Å²) in [6.07, 6.45) is 1.11. The van der Waals surface area contributed by atoms with Gasteiger partial charge < -0.3 is 10.2 Å². The zero-order valence-corrected chi connectivity index (χ0v) is 16.5. The molecular weight excluding hydrogens is 360 g/mol. The molecule has 1 saturated heterocycles. The first kappa shape index (κ1) is 19.4. The van der Waals surface area contributed by atoms with Crippen molar-refractivity contribution >= 4 is 16.0 Å². The number of nitrogens with zero attached hydrogens (tertiary/aromatic N) is 2. The molecule has 2 aromatic rings. The molecule has 1 aliphatic heterocycles. The molecule has 27 heavy (non-hydrogen) atoms. The maximum Gasteiger partial charge on any atom is 0.240 e. The van der Waals surface area contributed by atoms with Gasteiger partial charge in [-0.15, -0.1) is 0 Å². The number of likely N-dealkylation sites (tertiary alicyclic amines) is 1. The summed E-state index contributed by atoms with van der Waals surface area (Å²) >= 11 is 0. The first-order valence-electron chi connectivity index (χ1n) is 9.06. The Morgan fingerprint density at radius 3 is 2.48 bits per heavy atom. The first-order chi connectivity index (χ1) is 13.0. The van der Waals surface area contributed by atoms with Gasteiger partial charge >= 0.3 is 0 Å². The normalized spacial score (nSPS) is 17.9. The smallest absolute Gasteiger partial charge is 0.240 e. The number of hydrogen-bond acceptors (Lipinski definition) is 3. The molecule has 0 radical (unpaired) electrons. The highest BCUT2D eigenvalue weighted by Crippen LogP contribution is 2.26. The second kappa shape index (κ2) is 8.54. The van der Waals surface area contributed by atoms with Gasteiger partial charge in [-0.3, -0.25) is 4.99 Å². The van der Waals surface area contributed by atoms with Crippen LogP contribution in [0.3, 0.4) is 0 Å². The molecule has 1 heterocycles. The SMILES string of the molecule is CN=C(NCc1ccc(S(=O)(=O)NC)cc1)N1CCC(c2ccccc2)C1. The van der Waals surface area contributed by atoms with Gasteiger partial charge in [0.15, 0.2) is 5.96 Å². The third kappa shape index (κ3) is 4.67. The van der Waals surface area contributed by atoms with Crippen LogP contribution < -0.4 is 10.0 Å². The molecule has 6 nitrogen and oxygen atoms in total. The van der Waals surface area contributed by atoms with Crippen LogP contribution in [0, 0.1) is 0 Å². The third-order valence-electron chi connectivity index (χ3n) is 4.92. The minimum Gasteiger partial charge on any atom is -0.352 e. The Morgan fingerprint density at radius 2 is 1.85 bits per heavy atom. The van der Waals surface area contributed by atoms with E-state index in [1.165, 1.54) is 12.6 Å². The van der Waals surface area contributed by atoms with Gasteiger partial charge in [-0.2, -0.15) is 0 Å². The van der Waals surface area contributed by atoms with Crippen LogP contribution in [0.1, 0.15) is 23.5 Å². The molecule has 1 fully saturated rings. The van der Waals surface area contributed by atoms with Crippen molar-refractivity contribution in [1.29, 1.82) is 0 Å². The molecule has 0 amide bonds. The van der Waals surface area contributed by atoms with Crippen molar-refractivity contribution in [1.82, 2.24) is 14.9 Å². The van der Waals surface area contributed by atoms with Crippen molar-refractivity contribution in [2.24, 2.45) is 4.99 Å². The molecular formula is C20H26N4O2S. The lowest BCUT2D eigenvalue weighted by Gasteiger charge is -2.22. The largest absolute Gasteiger partial charge is 0.352 e. The number of hydrogen-bond donors (Lipinski definition) is 2. The summed E-state index contributed by atoms with van der Waals surface area (Å²) < 4.78 is 25.9. The van der Waals surface area contributed by atoms with Gasteiger partial charge in [0.2, 0.25) is 10.0 Å². The summed E-state index contributed by atoms with van der Waals surface area (Å²) in [6, 6.07) is 17.5. The maximum absolute atomic E-state index is 11.8. The molecule has 3 rings (SSSR count). The van der Waals surface area contributed by atoms with E-state index < -0.39 is 10.0 Å². The Bertz CT molecular complexity index is 880. The molecule has 1 atom stereocenters. The van der Waals surface area contributed by atoms with Crippen molar-refractivity contribution in [3.05, 3.63) is 65.7 Å². The van der Waals surface area contributed by atoms with E-state index in [2.05, 4.69) is 44.2 Å². The standard InChI is InChI=1S/C20H26N4O2S/c1-21-20(24-13-12-18(15-24)17-6-4-3-5-7-17)23-14-16-8-10-19(11-9-16)27(25,26)22-2/h3-11,18,22H,12-15H2,1-2H3,(H,21,23). The quantitative estimate of drug-likeness (QED) is 0.610. The van der Waals surface area contributed by atoms with Gasteiger partial charge in [0.25, 0.3) is 0 Å². The summed E-state index contributed by atoms with van der Waals surface area (Å²) in [5, 5.41) is 3.38. The Morgan fingerprint density at radius 1 is 1.15 bits per heavy atom. The van der Waals surface area contributed by atoms with Gasteiger partial charge in [0, 0.05) is 32.6 Å². The molecule has 0 aliphatic carbocycles. The van der Waals surface area contributed by atoms with E-state index in [1.54, 1.807) is 19.2 Å². The van der Waals surface area contributed by atoms with Gasteiger partial charge in [-0.1, -0.05) is 42.5 Å². The summed E-state index contributed by atoms with van der Waals surface area (Å²) in [5.41, 5.74) is 2.38. The number of nitrogens with one attached hydrogen (secondary N) is 2. The molecule has 1 unspecified atom stereocenters. The average Bonchev–Trinajstić information content (AvgIpc) is 3.19. The molecule has 0 aromatic heterocycles. The summed E-state index contributed by atoms with van der Waals surface area (Å²) in [7, 11) is -0.196. The predicted molar refractivity (Wildman–Crippen MR) is 108 cm³/mol. The number of sulfonamides is 1. The van der Waals surface area contributed by atoms with Crippen LogP contribution >= 0.6 is 0 Å². The highest BCUT2D eigenvalue weighted by molar-refractivity contribution is 7.89. The van der Waals surface area contributed by atoms with Crippen LogP contribution in [0.25, 0.3) is 0 Å². The predicted octanol–water partition coefficient (Wildman–Crippen LogP) is 2.16. The van der Waals surface area contributed by atoms with E-state index in [-0.39, 0.29) is 4.90 Å². The highest BCUT2D eigenvalue weighted by atomic mass is 32.2. The first-order valence-corrected chi connectivity index (χ1v) is 10.5. The van der Waals surface area contributed by atoms with E-state index in [4.69, 9.17) is 0 Å². The number of rotatable bonds is 5. The highest BCUT2D eigenvalue weighted by Gasteiger charge is 2.25. The third-order valence-corrected chi connectivity index (χ3v) is 6.35. The van der Waals surface area contributed by atoms with Crippen LogP contribution in [0.15, 0.2) is 64.5 Å². The topological polar surface area (TPSA) is 73.8 Å². The van der Waals surface area contributed by atoms with E-state index >= 15 is 0 Å². The lowest BCUT2D eigenvalue weighted by molar-refractivity contribution is 0.486. The van der Waals surface area contributed by atoms with Crippen LogP contribution in [-0.4, -0.2) is 46.5 Å². The zero-order chi connectivity index (χ0) is 19.3. The molecule has 0 bridgehead atoms. The summed E-state index contributed by atoms with van der Waals surface area (Å²) in [4.78, 5) is 6.95. The van der Waals surface area contributed by atoms with Gasteiger partial charge in [-0.05, 0) is 36.7 Å². The summed E-state index contributed by atoms with van der Waals surface area (Å²) in [6.45, 7) is 2.51. The second-order valence-corrected chi connectivity index (χ2v) is 8.48. The Kier molecular flexibility index (Phi) is 6.13. The monoisotopic (exact) mass is 386 g/mol. The Balaban J connectivity index is 1.58. The molecule has 2 aromatic carbocycles. The maximum atomic E-state index is 11.8. The van der Waals surface area contributed by atoms with Crippen LogP contribution in [0.2, 0.25) is 0 Å². The minimum atomic E-state index is -3.40. The minimum absolute atomic E-state index is 0.267. The average molecular weight is 387 g/mol. The lowest BCUT2D eigenvalue weighted by atomic mass is 9.99. The number of aliphatic imine (C=N–C) groups is 1. The number of benzene rings is 2. The zero-order valence-electron chi connectivity index (χ0n) is 15.7. The Hall–Kier alpha value is -2.38. The van der Waals surface area contributed by atoms with Gasteiger partial charge in [0.1, 0.15) is 0 Å². The second-order valence-electron chi connectivity index (χ2n) is 6.59. The fraction of sp³-hybridized carbons (Fsp3) is 0.350. The van der Waals surface area contributed by atoms with Crippen molar-refractivity contribution in [2.75, 3.05) is 27.2 Å². The number of guanidine groups is 1. The molecule has 7 heteroatoms. The van der Waals surface area contributed by atoms with Crippen molar-refractivity contribution in [3.8, 4) is 0 Å². The molecule has 144 valence electrons. The molecule has 0 spiro atoms. The molecule has 0 saturated carbocycles. The lowest BCUT2D eigenvalue weighted by Crippen LogP contribution is -2.39. The summed E-state index contributed by atoms with van der Waals surface area (Å²) in [5.74, 6) is 1.40. The Labute approximate surface area is 161 Å². The van der Waals surface area contributed by atoms with E-state index in [0.29, 0.717) is 12.5 Å². The van der Waals surface area contributed by atoms with E-state index in [0.717, 1.165) is 31.0 Å². The fourth-order valence-electron chi connectivity index (χ4n) is 3.37. The van der Waals surface area contributed by atoms with Gasteiger partial charge in [-0.25, -0.2) is 13.1 Å². The van der Waals surface area contributed by atoms with E-state index in [1.807, 2.05) is 18.2 Å². The van der Waals surface area contributed by atoms with Crippen LogP contribution in [0.5, 0.6) is 0 Å². The van der Waals surface area contributed by atoms with Crippen LogP contribution in [-0.2, 0) is 16.6 Å². The van der Waals surface area contributed by atoms with Crippen molar-refractivity contribution in [3.63, 3.8) is 0 Å². The fourth-order valence-corrected chi connectivity index (χ4v) is 4.10. The van der Waals surface area contributed by atoms with Crippen molar-refractivity contribution in [2.45, 2.75) is 23.8 Å². The van der Waals surface area contributed by atoms with E-state index in [9.17, 15) is 8.42 Å². The van der Waals surface area contributed by atoms with Crippen molar-refractivity contribution < 1.29 is 8.42 Å². The van der Waals surface area contributed by atoms with Crippen LogP contribution in [0.4, 0.5) is 0 Å².